The molecular weight excluding hydrogens is 306 g/mol. The summed E-state index contributed by atoms with van der Waals surface area (Å²) in [6, 6.07) is 1.89. The van der Waals surface area contributed by atoms with Crippen LogP contribution in [0.3, 0.4) is 0 Å². The normalized spacial score (nSPS) is 13.1. The molecule has 0 amide bonds. The van der Waals surface area contributed by atoms with Crippen molar-refractivity contribution >= 4 is 27.8 Å². The van der Waals surface area contributed by atoms with E-state index >= 15 is 0 Å². The molecule has 0 fully saturated rings. The van der Waals surface area contributed by atoms with Gasteiger partial charge >= 0.3 is 0 Å². The van der Waals surface area contributed by atoms with E-state index in [1.807, 2.05) is 45.1 Å². The minimum Gasteiger partial charge on any atom is -0.369 e. The van der Waals surface area contributed by atoms with Gasteiger partial charge in [0.05, 0.1) is 0 Å². The van der Waals surface area contributed by atoms with E-state index in [1.165, 1.54) is 0 Å². The third-order valence-corrected chi connectivity index (χ3v) is 2.53. The number of nitrogens with two attached hydrogens (primary N) is 1. The third kappa shape index (κ3) is 5.65. The summed E-state index contributed by atoms with van der Waals surface area (Å²) < 4.78 is 0. The molecule has 102 valence electrons. The van der Waals surface area contributed by atoms with E-state index in [4.69, 9.17) is 5.73 Å². The first-order chi connectivity index (χ1) is 9.05. The minimum atomic E-state index is 0.261. The topological polar surface area (TPSA) is 76.2 Å². The summed E-state index contributed by atoms with van der Waals surface area (Å²) >= 11 is 3.32. The lowest BCUT2D eigenvalue weighted by atomic mass is 10.3. The second kappa shape index (κ2) is 7.68. The summed E-state index contributed by atoms with van der Waals surface area (Å²) in [6.07, 6.45) is 5.78. The first-order valence-electron chi connectivity index (χ1n) is 5.87. The number of allylic oxidation sites excluding steroid dienone is 3. The van der Waals surface area contributed by atoms with Crippen molar-refractivity contribution in [3.63, 3.8) is 0 Å². The predicted octanol–water partition coefficient (Wildman–Crippen LogP) is 2.48. The second-order valence-corrected chi connectivity index (χ2v) is 4.52. The SMILES string of the molecule is C/C=C(\C=C/CBr)N/C(N)=N\c1nc(C)cc(C)n1. The number of aromatic nitrogens is 2. The highest BCUT2D eigenvalue weighted by molar-refractivity contribution is 9.09. The van der Waals surface area contributed by atoms with Gasteiger partial charge in [0.15, 0.2) is 0 Å². The smallest absolute Gasteiger partial charge is 0.253 e. The van der Waals surface area contributed by atoms with Gasteiger partial charge in [-0.3, -0.25) is 0 Å². The zero-order chi connectivity index (χ0) is 14.3. The van der Waals surface area contributed by atoms with Crippen LogP contribution in [-0.2, 0) is 0 Å². The first-order valence-corrected chi connectivity index (χ1v) is 6.99. The predicted molar refractivity (Wildman–Crippen MR) is 82.6 cm³/mol. The third-order valence-electron chi connectivity index (χ3n) is 2.16. The van der Waals surface area contributed by atoms with Crippen molar-refractivity contribution in [3.8, 4) is 0 Å². The van der Waals surface area contributed by atoms with Crippen LogP contribution in [0, 0.1) is 13.8 Å². The Morgan fingerprint density at radius 1 is 1.42 bits per heavy atom. The molecule has 0 spiro atoms. The van der Waals surface area contributed by atoms with Crippen LogP contribution >= 0.6 is 15.9 Å². The van der Waals surface area contributed by atoms with Crippen LogP contribution in [0.25, 0.3) is 0 Å². The van der Waals surface area contributed by atoms with Crippen LogP contribution in [-0.4, -0.2) is 21.3 Å². The van der Waals surface area contributed by atoms with Crippen LogP contribution in [0.5, 0.6) is 0 Å². The molecule has 1 aromatic rings. The number of halogens is 1. The Labute approximate surface area is 121 Å². The number of rotatable bonds is 4. The largest absolute Gasteiger partial charge is 0.369 e. The molecule has 0 aromatic carbocycles. The van der Waals surface area contributed by atoms with Crippen molar-refractivity contribution in [3.05, 3.63) is 41.4 Å². The fraction of sp³-hybridized carbons (Fsp3) is 0.308. The number of nitrogens with zero attached hydrogens (tertiary/aromatic N) is 3. The molecule has 1 rings (SSSR count). The minimum absolute atomic E-state index is 0.261. The van der Waals surface area contributed by atoms with Crippen molar-refractivity contribution in [1.29, 1.82) is 0 Å². The molecule has 5 nitrogen and oxygen atoms in total. The van der Waals surface area contributed by atoms with Gasteiger partial charge in [0.2, 0.25) is 5.96 Å². The fourth-order valence-corrected chi connectivity index (χ4v) is 1.61. The standard InChI is InChI=1S/C13H18BrN5/c1-4-11(6-5-7-14)18-12(15)19-13-16-9(2)8-10(3)17-13/h4-6,8H,7H2,1-3H3,(H3,15,16,17,18,19)/b6-5-,11-4+. The summed E-state index contributed by atoms with van der Waals surface area (Å²) in [5.74, 6) is 0.625. The van der Waals surface area contributed by atoms with Crippen LogP contribution in [0.1, 0.15) is 18.3 Å². The Morgan fingerprint density at radius 3 is 2.58 bits per heavy atom. The number of hydrogen-bond donors (Lipinski definition) is 2. The molecule has 0 unspecified atom stereocenters. The van der Waals surface area contributed by atoms with Crippen LogP contribution in [0.4, 0.5) is 5.95 Å². The van der Waals surface area contributed by atoms with Gasteiger partial charge in [-0.25, -0.2) is 9.97 Å². The van der Waals surface area contributed by atoms with Gasteiger partial charge in [0.25, 0.3) is 5.95 Å². The number of aliphatic imine (C=N–C) groups is 1. The van der Waals surface area contributed by atoms with Crippen LogP contribution in [0.15, 0.2) is 35.0 Å². The summed E-state index contributed by atoms with van der Waals surface area (Å²) in [4.78, 5) is 12.6. The number of hydrogen-bond acceptors (Lipinski definition) is 3. The number of guanidine groups is 1. The van der Waals surface area contributed by atoms with Gasteiger partial charge in [-0.15, -0.1) is 0 Å². The Kier molecular flexibility index (Phi) is 6.21. The highest BCUT2D eigenvalue weighted by atomic mass is 79.9. The second-order valence-electron chi connectivity index (χ2n) is 3.87. The molecule has 0 bridgehead atoms. The monoisotopic (exact) mass is 323 g/mol. The lowest BCUT2D eigenvalue weighted by Gasteiger charge is -2.05. The highest BCUT2D eigenvalue weighted by Gasteiger charge is 2.00. The number of nitrogens with one attached hydrogen (secondary N) is 1. The van der Waals surface area contributed by atoms with E-state index in [-0.39, 0.29) is 5.96 Å². The lowest BCUT2D eigenvalue weighted by Crippen LogP contribution is -2.30. The van der Waals surface area contributed by atoms with Gasteiger partial charge in [-0.05, 0) is 32.9 Å². The zero-order valence-electron chi connectivity index (χ0n) is 11.3. The van der Waals surface area contributed by atoms with Crippen LogP contribution < -0.4 is 11.1 Å². The summed E-state index contributed by atoms with van der Waals surface area (Å²) in [6.45, 7) is 5.71. The maximum Gasteiger partial charge on any atom is 0.253 e. The molecular formula is C13H18BrN5. The molecule has 19 heavy (non-hydrogen) atoms. The fourth-order valence-electron chi connectivity index (χ4n) is 1.42. The van der Waals surface area contributed by atoms with Gasteiger partial charge in [-0.1, -0.05) is 28.1 Å². The molecule has 0 aliphatic rings. The van der Waals surface area contributed by atoms with Crippen molar-refractivity contribution < 1.29 is 0 Å². The van der Waals surface area contributed by atoms with E-state index < -0.39 is 0 Å². The van der Waals surface area contributed by atoms with E-state index in [9.17, 15) is 0 Å². The van der Waals surface area contributed by atoms with Gasteiger partial charge < -0.3 is 11.1 Å². The first kappa shape index (κ1) is 15.4. The maximum atomic E-state index is 5.83. The summed E-state index contributed by atoms with van der Waals surface area (Å²) in [7, 11) is 0. The molecule has 0 saturated heterocycles. The average Bonchev–Trinajstić information content (AvgIpc) is 2.33. The van der Waals surface area contributed by atoms with Gasteiger partial charge in [0.1, 0.15) is 0 Å². The Bertz CT molecular complexity index is 500. The van der Waals surface area contributed by atoms with E-state index in [0.717, 1.165) is 22.4 Å². The summed E-state index contributed by atoms with van der Waals surface area (Å²) in [5.41, 5.74) is 8.42. The molecule has 0 aliphatic heterocycles. The number of aryl methyl sites for hydroxylation is 2. The van der Waals surface area contributed by atoms with Crippen molar-refractivity contribution in [2.75, 3.05) is 5.33 Å². The van der Waals surface area contributed by atoms with Crippen LogP contribution in [0.2, 0.25) is 0 Å². The Hall–Kier alpha value is -1.69. The average molecular weight is 324 g/mol. The van der Waals surface area contributed by atoms with Crippen molar-refractivity contribution in [1.82, 2.24) is 15.3 Å². The van der Waals surface area contributed by atoms with E-state index in [2.05, 4.69) is 36.2 Å². The Morgan fingerprint density at radius 2 is 2.05 bits per heavy atom. The molecule has 3 N–H and O–H groups in total. The molecule has 6 heteroatoms. The molecule has 0 atom stereocenters. The van der Waals surface area contributed by atoms with Gasteiger partial charge in [0, 0.05) is 22.4 Å². The number of alkyl halides is 1. The van der Waals surface area contributed by atoms with Crippen molar-refractivity contribution in [2.45, 2.75) is 20.8 Å². The molecule has 0 aliphatic carbocycles. The molecule has 0 saturated carbocycles. The van der Waals surface area contributed by atoms with Gasteiger partial charge in [-0.2, -0.15) is 4.99 Å². The molecule has 1 aromatic heterocycles. The zero-order valence-corrected chi connectivity index (χ0v) is 12.9. The lowest BCUT2D eigenvalue weighted by molar-refractivity contribution is 1.02. The summed E-state index contributed by atoms with van der Waals surface area (Å²) in [5, 5.41) is 3.77. The molecule has 0 radical (unpaired) electrons. The maximum absolute atomic E-state index is 5.83. The van der Waals surface area contributed by atoms with Crippen molar-refractivity contribution in [2.24, 2.45) is 10.7 Å². The van der Waals surface area contributed by atoms with E-state index in [1.54, 1.807) is 0 Å². The highest BCUT2D eigenvalue weighted by Crippen LogP contribution is 2.06. The quantitative estimate of drug-likeness (QED) is 0.386. The Balaban J connectivity index is 2.84. The molecule has 1 heterocycles. The van der Waals surface area contributed by atoms with E-state index in [0.29, 0.717) is 5.95 Å².